The Bertz CT molecular complexity index is 371. The number of aromatic nitrogens is 2. The highest BCUT2D eigenvalue weighted by molar-refractivity contribution is 5.46. The molecule has 114 valence electrons. The summed E-state index contributed by atoms with van der Waals surface area (Å²) in [4.78, 5) is 11.1. The summed E-state index contributed by atoms with van der Waals surface area (Å²) in [6.07, 6.45) is 3.09. The van der Waals surface area contributed by atoms with Crippen molar-refractivity contribution in [3.63, 3.8) is 0 Å². The summed E-state index contributed by atoms with van der Waals surface area (Å²) in [7, 11) is 2.16. The second kappa shape index (κ2) is 8.71. The predicted octanol–water partition coefficient (Wildman–Crippen LogP) is 1.86. The van der Waals surface area contributed by atoms with Gasteiger partial charge in [0.1, 0.15) is 17.5 Å². The number of nitrogen functional groups attached to an aromatic ring is 1. The number of nitrogens with zero attached hydrogens (tertiary/aromatic N) is 3. The lowest BCUT2D eigenvalue weighted by Crippen LogP contribution is -2.27. The third-order valence-corrected chi connectivity index (χ3v) is 3.36. The first kappa shape index (κ1) is 16.7. The zero-order valence-corrected chi connectivity index (χ0v) is 13.1. The van der Waals surface area contributed by atoms with Crippen molar-refractivity contribution in [3.05, 3.63) is 11.9 Å². The second-order valence-electron chi connectivity index (χ2n) is 5.26. The zero-order valence-electron chi connectivity index (χ0n) is 13.1. The van der Waals surface area contributed by atoms with Crippen molar-refractivity contribution < 1.29 is 0 Å². The summed E-state index contributed by atoms with van der Waals surface area (Å²) < 4.78 is 0. The van der Waals surface area contributed by atoms with Gasteiger partial charge < -0.3 is 15.6 Å². The van der Waals surface area contributed by atoms with E-state index in [1.54, 1.807) is 0 Å². The number of hydrogen-bond donors (Lipinski definition) is 3. The molecule has 0 saturated heterocycles. The Balaban J connectivity index is 2.34. The molecule has 0 bridgehead atoms. The Kier molecular flexibility index (Phi) is 7.25. The van der Waals surface area contributed by atoms with Gasteiger partial charge in [0.2, 0.25) is 0 Å². The van der Waals surface area contributed by atoms with E-state index in [2.05, 4.69) is 46.5 Å². The van der Waals surface area contributed by atoms with Crippen molar-refractivity contribution in [2.45, 2.75) is 46.1 Å². The second-order valence-corrected chi connectivity index (χ2v) is 5.26. The van der Waals surface area contributed by atoms with Gasteiger partial charge in [-0.05, 0) is 40.3 Å². The van der Waals surface area contributed by atoms with Crippen LogP contribution in [-0.2, 0) is 6.42 Å². The molecule has 0 unspecified atom stereocenters. The summed E-state index contributed by atoms with van der Waals surface area (Å²) in [5.74, 6) is 7.69. The molecule has 4 N–H and O–H groups in total. The largest absolute Gasteiger partial charge is 0.370 e. The highest BCUT2D eigenvalue weighted by Gasteiger charge is 2.04. The molecule has 1 rings (SSSR count). The number of aryl methyl sites for hydroxylation is 1. The van der Waals surface area contributed by atoms with E-state index in [1.807, 2.05) is 13.0 Å². The van der Waals surface area contributed by atoms with Gasteiger partial charge in [0.05, 0.1) is 0 Å². The lowest BCUT2D eigenvalue weighted by Gasteiger charge is -2.20. The summed E-state index contributed by atoms with van der Waals surface area (Å²) in [5, 5.41) is 3.33. The highest BCUT2D eigenvalue weighted by Crippen LogP contribution is 2.11. The fourth-order valence-electron chi connectivity index (χ4n) is 1.78. The third-order valence-electron chi connectivity index (χ3n) is 3.36. The predicted molar refractivity (Wildman–Crippen MR) is 84.7 cm³/mol. The molecule has 0 aliphatic heterocycles. The molecule has 0 aromatic carbocycles. The summed E-state index contributed by atoms with van der Waals surface area (Å²) >= 11 is 0. The van der Waals surface area contributed by atoms with Gasteiger partial charge in [-0.15, -0.1) is 0 Å². The van der Waals surface area contributed by atoms with Crippen LogP contribution in [0.4, 0.5) is 11.6 Å². The van der Waals surface area contributed by atoms with Crippen molar-refractivity contribution in [2.75, 3.05) is 30.9 Å². The SMILES string of the molecule is CCc1nc(NN)cc(NCCCCN(C)C(C)C)n1. The first-order valence-electron chi connectivity index (χ1n) is 7.35. The van der Waals surface area contributed by atoms with E-state index >= 15 is 0 Å². The van der Waals surface area contributed by atoms with Crippen LogP contribution in [-0.4, -0.2) is 41.0 Å². The van der Waals surface area contributed by atoms with Crippen LogP contribution in [0.2, 0.25) is 0 Å². The van der Waals surface area contributed by atoms with Crippen molar-refractivity contribution >= 4 is 11.6 Å². The minimum absolute atomic E-state index is 0.607. The third kappa shape index (κ3) is 5.71. The van der Waals surface area contributed by atoms with E-state index in [9.17, 15) is 0 Å². The first-order valence-corrected chi connectivity index (χ1v) is 7.35. The molecule has 0 fully saturated rings. The lowest BCUT2D eigenvalue weighted by molar-refractivity contribution is 0.269. The quantitative estimate of drug-likeness (QED) is 0.364. The molecule has 0 radical (unpaired) electrons. The number of nitrogens with two attached hydrogens (primary N) is 1. The Morgan fingerprint density at radius 3 is 2.55 bits per heavy atom. The molecule has 0 aliphatic carbocycles. The normalized spacial score (nSPS) is 11.2. The minimum atomic E-state index is 0.607. The number of unbranched alkanes of at least 4 members (excludes halogenated alkanes) is 1. The average molecular weight is 280 g/mol. The standard InChI is InChI=1S/C14H28N6/c1-5-12-17-13(10-14(18-12)19-15)16-8-6-7-9-20(4)11(2)3/h10-11H,5-9,15H2,1-4H3,(H2,16,17,18,19). The van der Waals surface area contributed by atoms with Crippen LogP contribution in [0, 0.1) is 0 Å². The van der Waals surface area contributed by atoms with E-state index in [-0.39, 0.29) is 0 Å². The molecule has 6 nitrogen and oxygen atoms in total. The van der Waals surface area contributed by atoms with Crippen molar-refractivity contribution in [3.8, 4) is 0 Å². The van der Waals surface area contributed by atoms with Gasteiger partial charge in [0, 0.05) is 25.1 Å². The number of hydrogen-bond acceptors (Lipinski definition) is 6. The van der Waals surface area contributed by atoms with Crippen molar-refractivity contribution in [1.82, 2.24) is 14.9 Å². The van der Waals surface area contributed by atoms with Gasteiger partial charge in [0.15, 0.2) is 0 Å². The van der Waals surface area contributed by atoms with E-state index < -0.39 is 0 Å². The number of rotatable bonds is 9. The van der Waals surface area contributed by atoms with Gasteiger partial charge in [-0.2, -0.15) is 0 Å². The summed E-state index contributed by atoms with van der Waals surface area (Å²) in [5.41, 5.74) is 2.57. The van der Waals surface area contributed by atoms with Crippen molar-refractivity contribution in [2.24, 2.45) is 5.84 Å². The molecular formula is C14H28N6. The molecule has 1 aromatic heterocycles. The fraction of sp³-hybridized carbons (Fsp3) is 0.714. The Labute approximate surface area is 122 Å². The maximum absolute atomic E-state index is 5.41. The summed E-state index contributed by atoms with van der Waals surface area (Å²) in [6.45, 7) is 8.50. The van der Waals surface area contributed by atoms with Gasteiger partial charge in [0.25, 0.3) is 0 Å². The van der Waals surface area contributed by atoms with Crippen LogP contribution < -0.4 is 16.6 Å². The summed E-state index contributed by atoms with van der Waals surface area (Å²) in [6, 6.07) is 2.44. The molecule has 6 heteroatoms. The molecule has 0 atom stereocenters. The van der Waals surface area contributed by atoms with Gasteiger partial charge in [-0.1, -0.05) is 6.92 Å². The number of hydrazine groups is 1. The molecule has 1 heterocycles. The van der Waals surface area contributed by atoms with E-state index in [4.69, 9.17) is 5.84 Å². The lowest BCUT2D eigenvalue weighted by atomic mass is 10.2. The Morgan fingerprint density at radius 1 is 1.25 bits per heavy atom. The van der Waals surface area contributed by atoms with Crippen LogP contribution >= 0.6 is 0 Å². The molecule has 0 aliphatic rings. The van der Waals surface area contributed by atoms with Crippen LogP contribution in [0.5, 0.6) is 0 Å². The van der Waals surface area contributed by atoms with Crippen LogP contribution in [0.3, 0.4) is 0 Å². The number of anilines is 2. The fourth-order valence-corrected chi connectivity index (χ4v) is 1.78. The number of nitrogens with one attached hydrogen (secondary N) is 2. The minimum Gasteiger partial charge on any atom is -0.370 e. The van der Waals surface area contributed by atoms with Crippen LogP contribution in [0.15, 0.2) is 6.07 Å². The monoisotopic (exact) mass is 280 g/mol. The average Bonchev–Trinajstić information content (AvgIpc) is 2.46. The highest BCUT2D eigenvalue weighted by atomic mass is 15.3. The van der Waals surface area contributed by atoms with Crippen molar-refractivity contribution in [1.29, 1.82) is 0 Å². The van der Waals surface area contributed by atoms with Gasteiger partial charge >= 0.3 is 0 Å². The maximum atomic E-state index is 5.41. The first-order chi connectivity index (χ1) is 9.56. The Hall–Kier alpha value is -1.40. The molecular weight excluding hydrogens is 252 g/mol. The van der Waals surface area contributed by atoms with E-state index in [1.165, 1.54) is 6.42 Å². The van der Waals surface area contributed by atoms with Crippen LogP contribution in [0.1, 0.15) is 39.4 Å². The zero-order chi connectivity index (χ0) is 15.0. The molecule has 0 saturated carbocycles. The van der Waals surface area contributed by atoms with E-state index in [0.29, 0.717) is 11.9 Å². The smallest absolute Gasteiger partial charge is 0.145 e. The van der Waals surface area contributed by atoms with Gasteiger partial charge in [-0.25, -0.2) is 15.8 Å². The Morgan fingerprint density at radius 2 is 1.95 bits per heavy atom. The van der Waals surface area contributed by atoms with Gasteiger partial charge in [-0.3, -0.25) is 0 Å². The molecule has 20 heavy (non-hydrogen) atoms. The van der Waals surface area contributed by atoms with E-state index in [0.717, 1.165) is 37.6 Å². The maximum Gasteiger partial charge on any atom is 0.145 e. The van der Waals surface area contributed by atoms with Crippen LogP contribution in [0.25, 0.3) is 0 Å². The topological polar surface area (TPSA) is 79.1 Å². The molecule has 1 aromatic rings. The molecule has 0 amide bonds. The molecule has 0 spiro atoms.